The first kappa shape index (κ1) is 20.1. The second kappa shape index (κ2) is 8.59. The van der Waals surface area contributed by atoms with Crippen molar-refractivity contribution >= 4 is 29.2 Å². The van der Waals surface area contributed by atoms with Crippen molar-refractivity contribution in [1.29, 1.82) is 5.26 Å². The Bertz CT molecular complexity index is 1110. The number of hydrogen-bond acceptors (Lipinski definition) is 5. The van der Waals surface area contributed by atoms with Gasteiger partial charge in [-0.15, -0.1) is 0 Å². The molecule has 0 atom stereocenters. The zero-order valence-electron chi connectivity index (χ0n) is 15.8. The number of amides is 1. The molecule has 8 heteroatoms. The van der Waals surface area contributed by atoms with Crippen LogP contribution in [0.25, 0.3) is 5.69 Å². The van der Waals surface area contributed by atoms with Gasteiger partial charge in [-0.2, -0.15) is 10.4 Å². The molecule has 0 saturated heterocycles. The number of hydrogen-bond donors (Lipinski definition) is 1. The number of nitrogens with zero attached hydrogens (tertiary/aromatic N) is 3. The van der Waals surface area contributed by atoms with Gasteiger partial charge in [-0.05, 0) is 56.3 Å². The van der Waals surface area contributed by atoms with Gasteiger partial charge in [-0.3, -0.25) is 4.79 Å². The molecule has 3 aromatic rings. The number of nitriles is 1. The van der Waals surface area contributed by atoms with Crippen molar-refractivity contribution in [1.82, 2.24) is 9.78 Å². The van der Waals surface area contributed by atoms with Crippen LogP contribution in [-0.4, -0.2) is 28.3 Å². The minimum absolute atomic E-state index is 0.284. The minimum Gasteiger partial charge on any atom is -0.462 e. The van der Waals surface area contributed by atoms with Crippen LogP contribution in [0.15, 0.2) is 48.7 Å². The summed E-state index contributed by atoms with van der Waals surface area (Å²) in [7, 11) is 0. The lowest BCUT2D eigenvalue weighted by Gasteiger charge is -2.08. The Kier molecular flexibility index (Phi) is 5.96. The Labute approximate surface area is 172 Å². The minimum atomic E-state index is -0.424. The van der Waals surface area contributed by atoms with Gasteiger partial charge in [-0.1, -0.05) is 11.6 Å². The first-order chi connectivity index (χ1) is 13.9. The molecule has 2 aromatic carbocycles. The highest BCUT2D eigenvalue weighted by atomic mass is 35.5. The second-order valence-electron chi connectivity index (χ2n) is 6.08. The summed E-state index contributed by atoms with van der Waals surface area (Å²) >= 11 is 5.90. The third kappa shape index (κ3) is 4.28. The van der Waals surface area contributed by atoms with Crippen molar-refractivity contribution < 1.29 is 14.3 Å². The van der Waals surface area contributed by atoms with E-state index in [0.29, 0.717) is 33.2 Å². The van der Waals surface area contributed by atoms with E-state index >= 15 is 0 Å². The summed E-state index contributed by atoms with van der Waals surface area (Å²) < 4.78 is 6.62. The molecule has 0 saturated carbocycles. The SMILES string of the molecule is CCOC(=O)c1cnn(-c2ccc(C(=O)Nc3ccc(Cl)c(C#N)c3)cc2)c1C. The molecule has 146 valence electrons. The Morgan fingerprint density at radius 2 is 1.97 bits per heavy atom. The van der Waals surface area contributed by atoms with E-state index in [0.717, 1.165) is 0 Å². The van der Waals surface area contributed by atoms with Crippen molar-refractivity contribution in [2.75, 3.05) is 11.9 Å². The summed E-state index contributed by atoms with van der Waals surface area (Å²) in [6, 6.07) is 13.4. The van der Waals surface area contributed by atoms with E-state index < -0.39 is 5.97 Å². The van der Waals surface area contributed by atoms with Crippen molar-refractivity contribution in [2.24, 2.45) is 0 Å². The predicted octanol–water partition coefficient (Wildman–Crippen LogP) is 4.13. The smallest absolute Gasteiger partial charge is 0.341 e. The van der Waals surface area contributed by atoms with Gasteiger partial charge in [0.15, 0.2) is 0 Å². The molecule has 1 N–H and O–H groups in total. The number of carbonyl (C=O) groups excluding carboxylic acids is 2. The molecular weight excluding hydrogens is 392 g/mol. The molecule has 1 heterocycles. The normalized spacial score (nSPS) is 10.3. The fraction of sp³-hybridized carbons (Fsp3) is 0.143. The molecule has 0 spiro atoms. The van der Waals surface area contributed by atoms with Crippen LogP contribution in [0, 0.1) is 18.3 Å². The fourth-order valence-corrected chi connectivity index (χ4v) is 2.88. The summed E-state index contributed by atoms with van der Waals surface area (Å²) in [5.74, 6) is -0.751. The van der Waals surface area contributed by atoms with Crippen molar-refractivity contribution in [3.8, 4) is 11.8 Å². The monoisotopic (exact) mass is 408 g/mol. The number of benzene rings is 2. The maximum Gasteiger partial charge on any atom is 0.341 e. The number of rotatable bonds is 5. The number of nitrogens with one attached hydrogen (secondary N) is 1. The summed E-state index contributed by atoms with van der Waals surface area (Å²) in [5.41, 5.74) is 2.93. The Hall–Kier alpha value is -3.63. The van der Waals surface area contributed by atoms with Gasteiger partial charge in [0.2, 0.25) is 0 Å². The fourth-order valence-electron chi connectivity index (χ4n) is 2.73. The summed E-state index contributed by atoms with van der Waals surface area (Å²) in [5, 5.41) is 16.3. The third-order valence-corrected chi connectivity index (χ3v) is 4.55. The number of ether oxygens (including phenoxy) is 1. The highest BCUT2D eigenvalue weighted by molar-refractivity contribution is 6.31. The predicted molar refractivity (Wildman–Crippen MR) is 108 cm³/mol. The zero-order valence-corrected chi connectivity index (χ0v) is 16.5. The molecule has 1 amide bonds. The van der Waals surface area contributed by atoms with Gasteiger partial charge in [0.05, 0.1) is 34.8 Å². The molecule has 1 aromatic heterocycles. The van der Waals surface area contributed by atoms with Crippen LogP contribution in [0.1, 0.15) is 38.9 Å². The van der Waals surface area contributed by atoms with E-state index in [1.165, 1.54) is 12.3 Å². The van der Waals surface area contributed by atoms with E-state index in [-0.39, 0.29) is 18.1 Å². The third-order valence-electron chi connectivity index (χ3n) is 4.22. The number of carbonyl (C=O) groups is 2. The molecular formula is C21H17ClN4O3. The van der Waals surface area contributed by atoms with Gasteiger partial charge in [0.1, 0.15) is 11.6 Å². The van der Waals surface area contributed by atoms with Crippen LogP contribution >= 0.6 is 11.6 Å². The highest BCUT2D eigenvalue weighted by Gasteiger charge is 2.16. The molecule has 29 heavy (non-hydrogen) atoms. The Morgan fingerprint density at radius 1 is 1.24 bits per heavy atom. The molecule has 0 unspecified atom stereocenters. The van der Waals surface area contributed by atoms with Gasteiger partial charge in [-0.25, -0.2) is 9.48 Å². The first-order valence-corrected chi connectivity index (χ1v) is 9.15. The zero-order chi connectivity index (χ0) is 21.0. The molecule has 0 fully saturated rings. The quantitative estimate of drug-likeness (QED) is 0.640. The maximum absolute atomic E-state index is 12.5. The van der Waals surface area contributed by atoms with Crippen LogP contribution in [0.5, 0.6) is 0 Å². The van der Waals surface area contributed by atoms with Gasteiger partial charge < -0.3 is 10.1 Å². The molecule has 0 bridgehead atoms. The molecule has 0 aliphatic heterocycles. The van der Waals surface area contributed by atoms with E-state index in [2.05, 4.69) is 10.4 Å². The Balaban J connectivity index is 1.78. The highest BCUT2D eigenvalue weighted by Crippen LogP contribution is 2.21. The van der Waals surface area contributed by atoms with Crippen LogP contribution in [0.2, 0.25) is 5.02 Å². The molecule has 0 aliphatic carbocycles. The van der Waals surface area contributed by atoms with Crippen LogP contribution in [0.4, 0.5) is 5.69 Å². The lowest BCUT2D eigenvalue weighted by atomic mass is 10.1. The van der Waals surface area contributed by atoms with Crippen molar-refractivity contribution in [2.45, 2.75) is 13.8 Å². The number of anilines is 1. The van der Waals surface area contributed by atoms with Gasteiger partial charge >= 0.3 is 5.97 Å². The van der Waals surface area contributed by atoms with Crippen LogP contribution in [0.3, 0.4) is 0 Å². The van der Waals surface area contributed by atoms with Crippen molar-refractivity contribution in [3.63, 3.8) is 0 Å². The lowest BCUT2D eigenvalue weighted by Crippen LogP contribution is -2.12. The second-order valence-corrected chi connectivity index (χ2v) is 6.49. The summed E-state index contributed by atoms with van der Waals surface area (Å²) in [6.45, 7) is 3.80. The summed E-state index contributed by atoms with van der Waals surface area (Å²) in [6.07, 6.45) is 1.46. The molecule has 0 aliphatic rings. The van der Waals surface area contributed by atoms with E-state index in [1.54, 1.807) is 54.9 Å². The van der Waals surface area contributed by atoms with Crippen LogP contribution < -0.4 is 5.32 Å². The van der Waals surface area contributed by atoms with Crippen LogP contribution in [-0.2, 0) is 4.74 Å². The molecule has 0 radical (unpaired) electrons. The molecule has 3 rings (SSSR count). The number of aromatic nitrogens is 2. The lowest BCUT2D eigenvalue weighted by molar-refractivity contribution is 0.0525. The average molecular weight is 409 g/mol. The number of halogens is 1. The average Bonchev–Trinajstić information content (AvgIpc) is 3.11. The molecule has 7 nitrogen and oxygen atoms in total. The number of esters is 1. The van der Waals surface area contributed by atoms with E-state index in [9.17, 15) is 9.59 Å². The first-order valence-electron chi connectivity index (χ1n) is 8.77. The maximum atomic E-state index is 12.5. The van der Waals surface area contributed by atoms with Gasteiger partial charge in [0, 0.05) is 11.3 Å². The van der Waals surface area contributed by atoms with E-state index in [4.69, 9.17) is 21.6 Å². The summed E-state index contributed by atoms with van der Waals surface area (Å²) in [4.78, 5) is 24.4. The van der Waals surface area contributed by atoms with E-state index in [1.807, 2.05) is 6.07 Å². The topological polar surface area (TPSA) is 97.0 Å². The largest absolute Gasteiger partial charge is 0.462 e. The van der Waals surface area contributed by atoms with Crippen molar-refractivity contribution in [3.05, 3.63) is 76.1 Å². The standard InChI is InChI=1S/C21H17ClN4O3/c1-3-29-21(28)18-12-24-26(13(18)2)17-7-4-14(5-8-17)20(27)25-16-6-9-19(22)15(10-16)11-23/h4-10,12H,3H2,1-2H3,(H,25,27). The van der Waals surface area contributed by atoms with Gasteiger partial charge in [0.25, 0.3) is 5.91 Å². The Morgan fingerprint density at radius 3 is 2.62 bits per heavy atom.